The molecule has 0 saturated heterocycles. The molecule has 0 fully saturated rings. The smallest absolute Gasteiger partial charge is 0.239 e. The molecule has 2 aromatic rings. The molecule has 0 heterocycles. The molecule has 3 N–H and O–H groups in total. The van der Waals surface area contributed by atoms with E-state index in [1.165, 1.54) is 0 Å². The lowest BCUT2D eigenvalue weighted by molar-refractivity contribution is -0.120. The second-order valence-corrected chi connectivity index (χ2v) is 4.86. The summed E-state index contributed by atoms with van der Waals surface area (Å²) in [7, 11) is 0. The number of carbonyl (C=O) groups is 1. The van der Waals surface area contributed by atoms with E-state index in [9.17, 15) is 9.90 Å². The largest absolute Gasteiger partial charge is 0.394 e. The van der Waals surface area contributed by atoms with Gasteiger partial charge in [-0.3, -0.25) is 4.79 Å². The van der Waals surface area contributed by atoms with E-state index in [4.69, 9.17) is 0 Å². The van der Waals surface area contributed by atoms with E-state index in [-0.39, 0.29) is 25.1 Å². The third kappa shape index (κ3) is 5.28. The maximum Gasteiger partial charge on any atom is 0.239 e. The Kier molecular flexibility index (Phi) is 5.79. The number of hydrogen-bond donors (Lipinski definition) is 3. The van der Waals surface area contributed by atoms with E-state index in [0.717, 1.165) is 11.3 Å². The van der Waals surface area contributed by atoms with Gasteiger partial charge in [-0.1, -0.05) is 48.5 Å². The lowest BCUT2D eigenvalue weighted by atomic mass is 10.1. The van der Waals surface area contributed by atoms with Crippen LogP contribution < -0.4 is 10.6 Å². The van der Waals surface area contributed by atoms with Gasteiger partial charge < -0.3 is 15.7 Å². The average molecular weight is 284 g/mol. The summed E-state index contributed by atoms with van der Waals surface area (Å²) in [5, 5.41) is 15.3. The normalized spacial score (nSPS) is 11.7. The van der Waals surface area contributed by atoms with Crippen molar-refractivity contribution in [3.63, 3.8) is 0 Å². The summed E-state index contributed by atoms with van der Waals surface area (Å²) in [6.07, 6.45) is 0.619. The van der Waals surface area contributed by atoms with Gasteiger partial charge in [-0.15, -0.1) is 0 Å². The van der Waals surface area contributed by atoms with Crippen molar-refractivity contribution in [3.05, 3.63) is 66.2 Å². The van der Waals surface area contributed by atoms with Gasteiger partial charge in [-0.05, 0) is 24.1 Å². The zero-order valence-electron chi connectivity index (χ0n) is 11.8. The second-order valence-electron chi connectivity index (χ2n) is 4.86. The predicted molar refractivity (Wildman–Crippen MR) is 84.1 cm³/mol. The Balaban J connectivity index is 1.80. The van der Waals surface area contributed by atoms with Gasteiger partial charge in [-0.2, -0.15) is 0 Å². The molecule has 110 valence electrons. The molecule has 0 aromatic heterocycles. The minimum atomic E-state index is -0.266. The SMILES string of the molecule is O=C(CNc1ccccc1)N[C@H](CO)Cc1ccccc1. The molecular weight excluding hydrogens is 264 g/mol. The van der Waals surface area contributed by atoms with Crippen LogP contribution in [0.4, 0.5) is 5.69 Å². The number of carbonyl (C=O) groups excluding carboxylic acids is 1. The molecule has 2 rings (SSSR count). The van der Waals surface area contributed by atoms with Gasteiger partial charge in [0.25, 0.3) is 0 Å². The first-order chi connectivity index (χ1) is 10.3. The van der Waals surface area contributed by atoms with Crippen LogP contribution in [0.1, 0.15) is 5.56 Å². The minimum absolute atomic E-state index is 0.0774. The molecule has 0 radical (unpaired) electrons. The molecule has 2 aromatic carbocycles. The fourth-order valence-corrected chi connectivity index (χ4v) is 2.08. The molecule has 0 aliphatic heterocycles. The Bertz CT molecular complexity index is 543. The Morgan fingerprint density at radius 2 is 1.62 bits per heavy atom. The monoisotopic (exact) mass is 284 g/mol. The number of anilines is 1. The number of hydrogen-bond acceptors (Lipinski definition) is 3. The molecule has 0 aliphatic carbocycles. The second kappa shape index (κ2) is 8.07. The molecule has 21 heavy (non-hydrogen) atoms. The van der Waals surface area contributed by atoms with Crippen molar-refractivity contribution in [3.8, 4) is 0 Å². The van der Waals surface area contributed by atoms with E-state index in [2.05, 4.69) is 10.6 Å². The summed E-state index contributed by atoms with van der Waals surface area (Å²) in [5.41, 5.74) is 1.99. The molecule has 4 nitrogen and oxygen atoms in total. The minimum Gasteiger partial charge on any atom is -0.394 e. The van der Waals surface area contributed by atoms with Crippen LogP contribution >= 0.6 is 0 Å². The lowest BCUT2D eigenvalue weighted by Gasteiger charge is -2.17. The number of amides is 1. The first kappa shape index (κ1) is 15.1. The number of rotatable bonds is 7. The van der Waals surface area contributed by atoms with Crippen molar-refractivity contribution in [1.29, 1.82) is 0 Å². The van der Waals surface area contributed by atoms with Crippen molar-refractivity contribution in [1.82, 2.24) is 5.32 Å². The summed E-state index contributed by atoms with van der Waals surface area (Å²) < 4.78 is 0. The van der Waals surface area contributed by atoms with Crippen LogP contribution in [-0.4, -0.2) is 30.2 Å². The molecule has 4 heteroatoms. The van der Waals surface area contributed by atoms with Crippen LogP contribution in [0, 0.1) is 0 Å². The standard InChI is InChI=1S/C17H20N2O2/c20-13-16(11-14-7-3-1-4-8-14)19-17(21)12-18-15-9-5-2-6-10-15/h1-10,16,18,20H,11-13H2,(H,19,21)/t16-/m0/s1. The van der Waals surface area contributed by atoms with Crippen molar-refractivity contribution in [2.45, 2.75) is 12.5 Å². The number of nitrogens with one attached hydrogen (secondary N) is 2. The van der Waals surface area contributed by atoms with Gasteiger partial charge >= 0.3 is 0 Å². The zero-order chi connectivity index (χ0) is 14.9. The predicted octanol–water partition coefficient (Wildman–Crippen LogP) is 1.82. The highest BCUT2D eigenvalue weighted by Gasteiger charge is 2.11. The third-order valence-electron chi connectivity index (χ3n) is 3.14. The summed E-state index contributed by atoms with van der Waals surface area (Å²) in [6, 6.07) is 19.1. The molecule has 0 saturated carbocycles. The summed E-state index contributed by atoms with van der Waals surface area (Å²) in [6.45, 7) is 0.112. The Morgan fingerprint density at radius 3 is 2.24 bits per heavy atom. The Morgan fingerprint density at radius 1 is 1.00 bits per heavy atom. The van der Waals surface area contributed by atoms with Crippen molar-refractivity contribution in [2.75, 3.05) is 18.5 Å². The van der Waals surface area contributed by atoms with Crippen LogP contribution in [0.15, 0.2) is 60.7 Å². The zero-order valence-corrected chi connectivity index (χ0v) is 11.8. The summed E-state index contributed by atoms with van der Waals surface area (Å²) in [5.74, 6) is -0.131. The van der Waals surface area contributed by atoms with Crippen LogP contribution in [0.2, 0.25) is 0 Å². The summed E-state index contributed by atoms with van der Waals surface area (Å²) >= 11 is 0. The summed E-state index contributed by atoms with van der Waals surface area (Å²) in [4.78, 5) is 11.9. The van der Waals surface area contributed by atoms with E-state index < -0.39 is 0 Å². The van der Waals surface area contributed by atoms with Crippen molar-refractivity contribution in [2.24, 2.45) is 0 Å². The van der Waals surface area contributed by atoms with Gasteiger partial charge in [0.2, 0.25) is 5.91 Å². The molecule has 0 bridgehead atoms. The maximum absolute atomic E-state index is 11.9. The number of aliphatic hydroxyl groups excluding tert-OH is 1. The molecule has 1 atom stereocenters. The quantitative estimate of drug-likeness (QED) is 0.727. The molecule has 1 amide bonds. The third-order valence-corrected chi connectivity index (χ3v) is 3.14. The van der Waals surface area contributed by atoms with Crippen LogP contribution in [0.25, 0.3) is 0 Å². The first-order valence-corrected chi connectivity index (χ1v) is 7.01. The highest BCUT2D eigenvalue weighted by atomic mass is 16.3. The van der Waals surface area contributed by atoms with Crippen molar-refractivity contribution >= 4 is 11.6 Å². The highest BCUT2D eigenvalue weighted by molar-refractivity contribution is 5.81. The molecular formula is C17H20N2O2. The van der Waals surface area contributed by atoms with E-state index in [1.807, 2.05) is 60.7 Å². The molecule has 0 aliphatic rings. The maximum atomic E-state index is 11.9. The molecule has 0 unspecified atom stereocenters. The topological polar surface area (TPSA) is 61.4 Å². The van der Waals surface area contributed by atoms with Gasteiger partial charge in [0, 0.05) is 5.69 Å². The number of benzene rings is 2. The molecule has 0 spiro atoms. The number of aliphatic hydroxyl groups is 1. The van der Waals surface area contributed by atoms with E-state index in [1.54, 1.807) is 0 Å². The average Bonchev–Trinajstić information content (AvgIpc) is 2.54. The van der Waals surface area contributed by atoms with E-state index >= 15 is 0 Å². The Hall–Kier alpha value is -2.33. The van der Waals surface area contributed by atoms with Gasteiger partial charge in [0.05, 0.1) is 19.2 Å². The lowest BCUT2D eigenvalue weighted by Crippen LogP contribution is -2.41. The highest BCUT2D eigenvalue weighted by Crippen LogP contribution is 2.05. The fourth-order valence-electron chi connectivity index (χ4n) is 2.08. The van der Waals surface area contributed by atoms with Crippen LogP contribution in [-0.2, 0) is 11.2 Å². The van der Waals surface area contributed by atoms with Gasteiger partial charge in [0.1, 0.15) is 0 Å². The van der Waals surface area contributed by atoms with Crippen LogP contribution in [0.3, 0.4) is 0 Å². The van der Waals surface area contributed by atoms with Gasteiger partial charge in [-0.25, -0.2) is 0 Å². The fraction of sp³-hybridized carbons (Fsp3) is 0.235. The van der Waals surface area contributed by atoms with E-state index in [0.29, 0.717) is 6.42 Å². The first-order valence-electron chi connectivity index (χ1n) is 7.01. The van der Waals surface area contributed by atoms with Crippen molar-refractivity contribution < 1.29 is 9.90 Å². The van der Waals surface area contributed by atoms with Gasteiger partial charge in [0.15, 0.2) is 0 Å². The van der Waals surface area contributed by atoms with Crippen LogP contribution in [0.5, 0.6) is 0 Å². The Labute approximate surface area is 124 Å². The number of para-hydroxylation sites is 1.